The van der Waals surface area contributed by atoms with Crippen molar-refractivity contribution in [2.24, 2.45) is 0 Å². The lowest BCUT2D eigenvalue weighted by Crippen LogP contribution is -2.43. The molecule has 8 heteroatoms. The van der Waals surface area contributed by atoms with E-state index >= 15 is 0 Å². The van der Waals surface area contributed by atoms with Gasteiger partial charge in [0.15, 0.2) is 5.11 Å². The van der Waals surface area contributed by atoms with Crippen LogP contribution in [0.15, 0.2) is 48.5 Å². The molecule has 146 valence electrons. The maximum absolute atomic E-state index is 12.6. The van der Waals surface area contributed by atoms with Gasteiger partial charge in [0.05, 0.1) is 17.4 Å². The number of thiocarbonyl (C=S) groups is 1. The minimum Gasteiger partial charge on any atom is -0.460 e. The summed E-state index contributed by atoms with van der Waals surface area (Å²) in [6, 6.07) is 13.3. The van der Waals surface area contributed by atoms with Gasteiger partial charge >= 0.3 is 5.97 Å². The van der Waals surface area contributed by atoms with Gasteiger partial charge in [-0.05, 0) is 56.8 Å². The fourth-order valence-corrected chi connectivity index (χ4v) is 3.47. The van der Waals surface area contributed by atoms with E-state index in [0.717, 1.165) is 11.3 Å². The van der Waals surface area contributed by atoms with E-state index in [9.17, 15) is 14.9 Å². The van der Waals surface area contributed by atoms with Crippen molar-refractivity contribution in [3.05, 3.63) is 64.2 Å². The standard InChI is InChI=1S/C20H21N3O4S/c1-20(2,3)27-18(24)12-17-15-6-4-5-7-16(15)21-19(28)22(17)13-8-10-14(11-9-13)23(25)26/h4-11,17H,12H2,1-3H3,(H,21,28). The molecule has 0 aliphatic carbocycles. The summed E-state index contributed by atoms with van der Waals surface area (Å²) in [6.45, 7) is 5.46. The van der Waals surface area contributed by atoms with Gasteiger partial charge in [-0.15, -0.1) is 0 Å². The fourth-order valence-electron chi connectivity index (χ4n) is 3.13. The summed E-state index contributed by atoms with van der Waals surface area (Å²) in [4.78, 5) is 24.9. The topological polar surface area (TPSA) is 84.7 Å². The monoisotopic (exact) mass is 399 g/mol. The van der Waals surface area contributed by atoms with Gasteiger partial charge in [0.1, 0.15) is 5.60 Å². The zero-order valence-electron chi connectivity index (χ0n) is 15.8. The molecule has 3 rings (SSSR count). The number of carbonyl (C=O) groups excluding carboxylic acids is 1. The molecule has 0 amide bonds. The first-order valence-electron chi connectivity index (χ1n) is 8.81. The molecule has 2 aromatic carbocycles. The van der Waals surface area contributed by atoms with E-state index in [2.05, 4.69) is 5.32 Å². The second kappa shape index (κ2) is 7.55. The smallest absolute Gasteiger partial charge is 0.308 e. The highest BCUT2D eigenvalue weighted by Gasteiger charge is 2.34. The number of hydrogen-bond acceptors (Lipinski definition) is 5. The van der Waals surface area contributed by atoms with Gasteiger partial charge in [0, 0.05) is 23.5 Å². The van der Waals surface area contributed by atoms with Gasteiger partial charge in [0.2, 0.25) is 0 Å². The lowest BCUT2D eigenvalue weighted by Gasteiger charge is -2.39. The van der Waals surface area contributed by atoms with E-state index < -0.39 is 10.5 Å². The number of para-hydroxylation sites is 1. The van der Waals surface area contributed by atoms with Crippen molar-refractivity contribution in [2.75, 3.05) is 10.2 Å². The summed E-state index contributed by atoms with van der Waals surface area (Å²) in [6.07, 6.45) is 0.0904. The van der Waals surface area contributed by atoms with E-state index in [1.54, 1.807) is 17.0 Å². The van der Waals surface area contributed by atoms with Gasteiger partial charge in [-0.2, -0.15) is 0 Å². The van der Waals surface area contributed by atoms with Crippen LogP contribution in [0, 0.1) is 10.1 Å². The third kappa shape index (κ3) is 4.28. The molecular formula is C20H21N3O4S. The first-order valence-corrected chi connectivity index (χ1v) is 9.22. The average molecular weight is 399 g/mol. The predicted octanol–water partition coefficient (Wildman–Crippen LogP) is 4.58. The van der Waals surface area contributed by atoms with Crippen molar-refractivity contribution in [3.8, 4) is 0 Å². The van der Waals surface area contributed by atoms with Gasteiger partial charge < -0.3 is 15.0 Å². The number of nitrogens with zero attached hydrogens (tertiary/aromatic N) is 2. The number of benzene rings is 2. The zero-order chi connectivity index (χ0) is 20.5. The van der Waals surface area contributed by atoms with Gasteiger partial charge in [0.25, 0.3) is 5.69 Å². The summed E-state index contributed by atoms with van der Waals surface area (Å²) in [7, 11) is 0. The molecule has 0 saturated carbocycles. The first-order chi connectivity index (χ1) is 13.2. The van der Waals surface area contributed by atoms with Crippen molar-refractivity contribution < 1.29 is 14.5 Å². The second-order valence-electron chi connectivity index (χ2n) is 7.47. The molecule has 0 fully saturated rings. The predicted molar refractivity (Wildman–Crippen MR) is 111 cm³/mol. The van der Waals surface area contributed by atoms with Crippen molar-refractivity contribution >= 4 is 40.4 Å². The number of non-ortho nitro benzene ring substituents is 1. The van der Waals surface area contributed by atoms with Crippen LogP contribution in [0.1, 0.15) is 38.8 Å². The summed E-state index contributed by atoms with van der Waals surface area (Å²) >= 11 is 5.54. The molecule has 1 aliphatic rings. The molecule has 1 aliphatic heterocycles. The molecule has 0 spiro atoms. The Kier molecular flexibility index (Phi) is 5.33. The third-order valence-electron chi connectivity index (χ3n) is 4.21. The number of esters is 1. The minimum atomic E-state index is -0.595. The molecule has 0 saturated heterocycles. The Labute approximate surface area is 168 Å². The van der Waals surface area contributed by atoms with E-state index in [0.29, 0.717) is 10.8 Å². The second-order valence-corrected chi connectivity index (χ2v) is 7.85. The Morgan fingerprint density at radius 3 is 2.46 bits per heavy atom. The van der Waals surface area contributed by atoms with E-state index in [1.165, 1.54) is 12.1 Å². The molecule has 7 nitrogen and oxygen atoms in total. The number of ether oxygens (including phenoxy) is 1. The Bertz CT molecular complexity index is 922. The van der Waals surface area contributed by atoms with Crippen LogP contribution < -0.4 is 10.2 Å². The molecule has 0 radical (unpaired) electrons. The number of carbonyl (C=O) groups is 1. The molecule has 1 atom stereocenters. The first kappa shape index (κ1) is 19.8. The van der Waals surface area contributed by atoms with Gasteiger partial charge in [-0.3, -0.25) is 14.9 Å². The molecule has 1 unspecified atom stereocenters. The highest BCUT2D eigenvalue weighted by Crippen LogP contribution is 2.39. The fraction of sp³-hybridized carbons (Fsp3) is 0.300. The van der Waals surface area contributed by atoms with Gasteiger partial charge in [-0.1, -0.05) is 18.2 Å². The van der Waals surface area contributed by atoms with Crippen LogP contribution in [0.25, 0.3) is 0 Å². The number of rotatable bonds is 4. The maximum atomic E-state index is 12.6. The number of hydrogen-bond donors (Lipinski definition) is 1. The van der Waals surface area contributed by atoms with Crippen LogP contribution in [-0.4, -0.2) is 21.6 Å². The van der Waals surface area contributed by atoms with Crippen LogP contribution in [-0.2, 0) is 9.53 Å². The number of nitro groups is 1. The summed E-state index contributed by atoms with van der Waals surface area (Å²) in [5.74, 6) is -0.344. The third-order valence-corrected chi connectivity index (χ3v) is 4.51. The minimum absolute atomic E-state index is 0.0104. The Morgan fingerprint density at radius 2 is 1.86 bits per heavy atom. The number of fused-ring (bicyclic) bond motifs is 1. The van der Waals surface area contributed by atoms with Crippen molar-refractivity contribution in [1.82, 2.24) is 0 Å². The van der Waals surface area contributed by atoms with E-state index in [-0.39, 0.29) is 24.1 Å². The van der Waals surface area contributed by atoms with Crippen LogP contribution in [0.4, 0.5) is 17.1 Å². The molecule has 1 N–H and O–H groups in total. The Morgan fingerprint density at radius 1 is 1.21 bits per heavy atom. The lowest BCUT2D eigenvalue weighted by atomic mass is 9.97. The normalized spacial score (nSPS) is 16.2. The quantitative estimate of drug-likeness (QED) is 0.348. The van der Waals surface area contributed by atoms with Crippen molar-refractivity contribution in [2.45, 2.75) is 38.8 Å². The van der Waals surface area contributed by atoms with Crippen molar-refractivity contribution in [3.63, 3.8) is 0 Å². The van der Waals surface area contributed by atoms with E-state index in [4.69, 9.17) is 17.0 Å². The largest absolute Gasteiger partial charge is 0.460 e. The number of nitrogens with one attached hydrogen (secondary N) is 1. The molecule has 0 aromatic heterocycles. The molecular weight excluding hydrogens is 378 g/mol. The van der Waals surface area contributed by atoms with Crippen LogP contribution in [0.5, 0.6) is 0 Å². The summed E-state index contributed by atoms with van der Waals surface area (Å²) < 4.78 is 5.51. The molecule has 1 heterocycles. The highest BCUT2D eigenvalue weighted by molar-refractivity contribution is 7.80. The average Bonchev–Trinajstić information content (AvgIpc) is 2.60. The number of nitro benzene ring substituents is 1. The SMILES string of the molecule is CC(C)(C)OC(=O)CC1c2ccccc2NC(=S)N1c1ccc([N+](=O)[O-])cc1. The Balaban J connectivity index is 1.99. The molecule has 0 bridgehead atoms. The maximum Gasteiger partial charge on any atom is 0.308 e. The zero-order valence-corrected chi connectivity index (χ0v) is 16.7. The van der Waals surface area contributed by atoms with Gasteiger partial charge in [-0.25, -0.2) is 0 Å². The summed E-state index contributed by atoms with van der Waals surface area (Å²) in [5.41, 5.74) is 1.79. The van der Waals surface area contributed by atoms with Crippen molar-refractivity contribution in [1.29, 1.82) is 0 Å². The van der Waals surface area contributed by atoms with Crippen LogP contribution in [0.2, 0.25) is 0 Å². The molecule has 28 heavy (non-hydrogen) atoms. The van der Waals surface area contributed by atoms with E-state index in [1.807, 2.05) is 45.0 Å². The lowest BCUT2D eigenvalue weighted by molar-refractivity contribution is -0.384. The van der Waals surface area contributed by atoms with Crippen LogP contribution >= 0.6 is 12.2 Å². The Hall–Kier alpha value is -3.00. The highest BCUT2D eigenvalue weighted by atomic mass is 32.1. The summed E-state index contributed by atoms with van der Waals surface area (Å²) in [5, 5.41) is 14.5. The number of anilines is 2. The molecule has 2 aromatic rings. The van der Waals surface area contributed by atoms with Crippen LogP contribution in [0.3, 0.4) is 0 Å².